The van der Waals surface area contributed by atoms with Crippen LogP contribution in [0.4, 0.5) is 14.6 Å². The van der Waals surface area contributed by atoms with Gasteiger partial charge in [0.1, 0.15) is 5.82 Å². The second-order valence-corrected chi connectivity index (χ2v) is 3.64. The van der Waals surface area contributed by atoms with Crippen molar-refractivity contribution in [2.45, 2.75) is 6.92 Å². The third-order valence-corrected chi connectivity index (χ3v) is 2.47. The molecule has 84 valence electrons. The Balaban J connectivity index is 2.61. The summed E-state index contributed by atoms with van der Waals surface area (Å²) >= 11 is 0. The van der Waals surface area contributed by atoms with E-state index < -0.39 is 11.6 Å². The molecule has 5 heteroatoms. The summed E-state index contributed by atoms with van der Waals surface area (Å²) in [6.45, 7) is 1.51. The molecular weight excluding hydrogens is 212 g/mol. The van der Waals surface area contributed by atoms with Gasteiger partial charge >= 0.3 is 0 Å². The molecule has 1 aromatic heterocycles. The monoisotopic (exact) mass is 223 g/mol. The number of benzene rings is 1. The maximum Gasteiger partial charge on any atom is 0.168 e. The number of nitrogen functional groups attached to an aromatic ring is 1. The van der Waals surface area contributed by atoms with Gasteiger partial charge in [-0.15, -0.1) is 0 Å². The van der Waals surface area contributed by atoms with E-state index in [1.165, 1.54) is 29.8 Å². The molecule has 0 atom stereocenters. The Morgan fingerprint density at radius 1 is 1.25 bits per heavy atom. The van der Waals surface area contributed by atoms with Crippen LogP contribution in [0.1, 0.15) is 5.56 Å². The third kappa shape index (κ3) is 1.54. The average molecular weight is 223 g/mol. The van der Waals surface area contributed by atoms with Crippen LogP contribution in [-0.2, 0) is 7.05 Å². The second kappa shape index (κ2) is 3.59. The molecule has 0 unspecified atom stereocenters. The molecule has 0 saturated carbocycles. The molecule has 1 aromatic carbocycles. The molecule has 2 rings (SSSR count). The molecule has 0 spiro atoms. The predicted molar refractivity (Wildman–Crippen MR) is 57.7 cm³/mol. The highest BCUT2D eigenvalue weighted by Crippen LogP contribution is 2.26. The number of nitrogens with zero attached hydrogens (tertiary/aromatic N) is 2. The van der Waals surface area contributed by atoms with Crippen LogP contribution in [0, 0.1) is 18.6 Å². The van der Waals surface area contributed by atoms with Crippen molar-refractivity contribution in [2.24, 2.45) is 7.05 Å². The Morgan fingerprint density at radius 2 is 1.94 bits per heavy atom. The Morgan fingerprint density at radius 3 is 2.50 bits per heavy atom. The first-order valence-corrected chi connectivity index (χ1v) is 4.75. The summed E-state index contributed by atoms with van der Waals surface area (Å²) in [5, 5.41) is 4.00. The van der Waals surface area contributed by atoms with E-state index in [1.807, 2.05) is 0 Å². The lowest BCUT2D eigenvalue weighted by Gasteiger charge is -2.02. The lowest BCUT2D eigenvalue weighted by atomic mass is 10.1. The number of aromatic nitrogens is 2. The van der Waals surface area contributed by atoms with Gasteiger partial charge in [0.05, 0.1) is 5.69 Å². The third-order valence-electron chi connectivity index (χ3n) is 2.47. The number of hydrogen-bond donors (Lipinski definition) is 1. The van der Waals surface area contributed by atoms with E-state index in [2.05, 4.69) is 5.10 Å². The quantitative estimate of drug-likeness (QED) is 0.805. The van der Waals surface area contributed by atoms with E-state index >= 15 is 0 Å². The van der Waals surface area contributed by atoms with Crippen molar-refractivity contribution in [2.75, 3.05) is 5.73 Å². The standard InChI is InChI=1S/C11H11F2N3/c1-6-3-4-7(11(13)10(6)12)8-5-9(14)16(2)15-8/h3-5H,14H2,1-2H3. The lowest BCUT2D eigenvalue weighted by Crippen LogP contribution is -1.97. The molecule has 0 aliphatic rings. The first-order valence-electron chi connectivity index (χ1n) is 4.75. The molecule has 0 aliphatic heterocycles. The number of anilines is 1. The largest absolute Gasteiger partial charge is 0.384 e. The minimum Gasteiger partial charge on any atom is -0.384 e. The van der Waals surface area contributed by atoms with E-state index in [0.29, 0.717) is 11.5 Å². The first kappa shape index (κ1) is 10.6. The summed E-state index contributed by atoms with van der Waals surface area (Å²) in [6, 6.07) is 4.52. The zero-order valence-electron chi connectivity index (χ0n) is 8.96. The summed E-state index contributed by atoms with van der Waals surface area (Å²) in [7, 11) is 1.64. The highest BCUT2D eigenvalue weighted by molar-refractivity contribution is 5.63. The van der Waals surface area contributed by atoms with E-state index in [4.69, 9.17) is 5.73 Å². The second-order valence-electron chi connectivity index (χ2n) is 3.64. The van der Waals surface area contributed by atoms with Gasteiger partial charge in [0, 0.05) is 18.7 Å². The Labute approximate surface area is 91.5 Å². The van der Waals surface area contributed by atoms with Crippen molar-refractivity contribution >= 4 is 5.82 Å². The molecule has 0 saturated heterocycles. The maximum absolute atomic E-state index is 13.6. The van der Waals surface area contributed by atoms with Gasteiger partial charge in [0.15, 0.2) is 11.6 Å². The molecule has 0 fully saturated rings. The molecule has 3 nitrogen and oxygen atoms in total. The van der Waals surface area contributed by atoms with Gasteiger partial charge in [0.2, 0.25) is 0 Å². The zero-order valence-corrected chi connectivity index (χ0v) is 8.96. The maximum atomic E-state index is 13.6. The SMILES string of the molecule is Cc1ccc(-c2cc(N)n(C)n2)c(F)c1F. The van der Waals surface area contributed by atoms with Crippen LogP contribution < -0.4 is 5.73 Å². The molecule has 2 N–H and O–H groups in total. The number of halogens is 2. The molecule has 0 bridgehead atoms. The minimum absolute atomic E-state index is 0.121. The summed E-state index contributed by atoms with van der Waals surface area (Å²) in [4.78, 5) is 0. The Kier molecular flexibility index (Phi) is 2.38. The van der Waals surface area contributed by atoms with Crippen molar-refractivity contribution in [1.82, 2.24) is 9.78 Å². The molecule has 1 heterocycles. The van der Waals surface area contributed by atoms with Crippen LogP contribution in [0.2, 0.25) is 0 Å². The van der Waals surface area contributed by atoms with Gasteiger partial charge in [-0.3, -0.25) is 4.68 Å². The smallest absolute Gasteiger partial charge is 0.168 e. The highest BCUT2D eigenvalue weighted by atomic mass is 19.2. The van der Waals surface area contributed by atoms with E-state index in [1.54, 1.807) is 7.05 Å². The summed E-state index contributed by atoms with van der Waals surface area (Å²) in [6.07, 6.45) is 0. The topological polar surface area (TPSA) is 43.8 Å². The fourth-order valence-electron chi connectivity index (χ4n) is 1.46. The average Bonchev–Trinajstić information content (AvgIpc) is 2.56. The van der Waals surface area contributed by atoms with Gasteiger partial charge in [0.25, 0.3) is 0 Å². The number of nitrogens with two attached hydrogens (primary N) is 1. The van der Waals surface area contributed by atoms with Crippen LogP contribution >= 0.6 is 0 Å². The molecule has 0 amide bonds. The van der Waals surface area contributed by atoms with Crippen molar-refractivity contribution < 1.29 is 8.78 Å². The predicted octanol–water partition coefficient (Wildman–Crippen LogP) is 2.26. The van der Waals surface area contributed by atoms with Crippen LogP contribution in [0.15, 0.2) is 18.2 Å². The van der Waals surface area contributed by atoms with E-state index in [-0.39, 0.29) is 11.1 Å². The van der Waals surface area contributed by atoms with Gasteiger partial charge in [-0.1, -0.05) is 6.07 Å². The molecule has 2 aromatic rings. The van der Waals surface area contributed by atoms with Crippen molar-refractivity contribution in [3.63, 3.8) is 0 Å². The summed E-state index contributed by atoms with van der Waals surface area (Å²) in [5.74, 6) is -1.34. The number of hydrogen-bond acceptors (Lipinski definition) is 2. The fraction of sp³-hybridized carbons (Fsp3) is 0.182. The summed E-state index contributed by atoms with van der Waals surface area (Å²) in [5.41, 5.74) is 6.30. The zero-order chi connectivity index (χ0) is 11.9. The van der Waals surface area contributed by atoms with E-state index in [0.717, 1.165) is 0 Å². The van der Waals surface area contributed by atoms with Crippen LogP contribution in [0.3, 0.4) is 0 Å². The lowest BCUT2D eigenvalue weighted by molar-refractivity contribution is 0.505. The summed E-state index contributed by atoms with van der Waals surface area (Å²) < 4.78 is 28.4. The highest BCUT2D eigenvalue weighted by Gasteiger charge is 2.15. The minimum atomic E-state index is -0.891. The van der Waals surface area contributed by atoms with Gasteiger partial charge in [-0.25, -0.2) is 8.78 Å². The van der Waals surface area contributed by atoms with Gasteiger partial charge in [-0.05, 0) is 18.6 Å². The molecular formula is C11H11F2N3. The van der Waals surface area contributed by atoms with Gasteiger partial charge in [-0.2, -0.15) is 5.10 Å². The Bertz CT molecular complexity index is 527. The Hall–Kier alpha value is -1.91. The number of aryl methyl sites for hydroxylation is 2. The molecule has 16 heavy (non-hydrogen) atoms. The fourth-order valence-corrected chi connectivity index (χ4v) is 1.46. The van der Waals surface area contributed by atoms with E-state index in [9.17, 15) is 8.78 Å². The molecule has 0 aliphatic carbocycles. The molecule has 0 radical (unpaired) electrons. The normalized spacial score (nSPS) is 10.8. The van der Waals surface area contributed by atoms with Crippen molar-refractivity contribution in [1.29, 1.82) is 0 Å². The van der Waals surface area contributed by atoms with Crippen molar-refractivity contribution in [3.8, 4) is 11.3 Å². The van der Waals surface area contributed by atoms with Crippen molar-refractivity contribution in [3.05, 3.63) is 35.4 Å². The van der Waals surface area contributed by atoms with Crippen LogP contribution in [0.25, 0.3) is 11.3 Å². The number of rotatable bonds is 1. The first-order chi connectivity index (χ1) is 7.50. The van der Waals surface area contributed by atoms with Gasteiger partial charge < -0.3 is 5.73 Å². The van der Waals surface area contributed by atoms with Crippen LogP contribution in [0.5, 0.6) is 0 Å². The van der Waals surface area contributed by atoms with Crippen LogP contribution in [-0.4, -0.2) is 9.78 Å².